The van der Waals surface area contributed by atoms with Gasteiger partial charge in [-0.25, -0.2) is 0 Å². The molecule has 3 unspecified atom stereocenters. The Morgan fingerprint density at radius 1 is 0.865 bits per heavy atom. The number of carbonyl (C=O) groups excluding carboxylic acids is 4. The van der Waals surface area contributed by atoms with Crippen LogP contribution in [-0.2, 0) is 35.1 Å². The maximum Gasteiger partial charge on any atom is 0.326 e. The second-order valence-corrected chi connectivity index (χ2v) is 9.85. The van der Waals surface area contributed by atoms with Crippen molar-refractivity contribution in [3.8, 4) is 11.5 Å². The van der Waals surface area contributed by atoms with E-state index in [-0.39, 0.29) is 55.4 Å². The molecule has 0 bridgehead atoms. The highest BCUT2D eigenvalue weighted by Crippen LogP contribution is 2.32. The van der Waals surface area contributed by atoms with Crippen LogP contribution in [0, 0.1) is 11.8 Å². The van der Waals surface area contributed by atoms with Gasteiger partial charge in [-0.2, -0.15) is 0 Å². The van der Waals surface area contributed by atoms with Crippen molar-refractivity contribution in [2.45, 2.75) is 98.1 Å². The van der Waals surface area contributed by atoms with Crippen LogP contribution in [-0.4, -0.2) is 42.6 Å². The summed E-state index contributed by atoms with van der Waals surface area (Å²) in [6.45, 7) is 11.2. The molecule has 0 aliphatic carbocycles. The Balaban J connectivity index is 3.28. The molecule has 0 amide bonds. The fourth-order valence-electron chi connectivity index (χ4n) is 3.67. The third-order valence-corrected chi connectivity index (χ3v) is 6.26. The van der Waals surface area contributed by atoms with Gasteiger partial charge < -0.3 is 24.7 Å². The van der Waals surface area contributed by atoms with Gasteiger partial charge in [0.1, 0.15) is 11.6 Å². The molecular formula is C28H43NO8. The van der Waals surface area contributed by atoms with Gasteiger partial charge in [0.2, 0.25) is 0 Å². The summed E-state index contributed by atoms with van der Waals surface area (Å²) in [5.41, 5.74) is 5.50. The highest BCUT2D eigenvalue weighted by atomic mass is 16.6. The molecule has 0 aromatic heterocycles. The first-order chi connectivity index (χ1) is 17.4. The van der Waals surface area contributed by atoms with Gasteiger partial charge in [-0.3, -0.25) is 19.2 Å². The average Bonchev–Trinajstić information content (AvgIpc) is 2.84. The topological polar surface area (TPSA) is 131 Å². The molecule has 9 nitrogen and oxygen atoms in total. The van der Waals surface area contributed by atoms with E-state index in [2.05, 4.69) is 0 Å². The fourth-order valence-corrected chi connectivity index (χ4v) is 3.67. The molecule has 2 N–H and O–H groups in total. The van der Waals surface area contributed by atoms with Crippen molar-refractivity contribution in [1.29, 1.82) is 0 Å². The second-order valence-electron chi connectivity index (χ2n) is 9.85. The number of esters is 4. The number of hydrogen-bond acceptors (Lipinski definition) is 9. The van der Waals surface area contributed by atoms with Gasteiger partial charge >= 0.3 is 23.9 Å². The van der Waals surface area contributed by atoms with E-state index in [4.69, 9.17) is 24.7 Å². The zero-order chi connectivity index (χ0) is 28.2. The highest BCUT2D eigenvalue weighted by molar-refractivity contribution is 5.81. The predicted molar refractivity (Wildman–Crippen MR) is 139 cm³/mol. The highest BCUT2D eigenvalue weighted by Gasteiger charge is 2.38. The van der Waals surface area contributed by atoms with E-state index >= 15 is 0 Å². The van der Waals surface area contributed by atoms with Gasteiger partial charge in [-0.05, 0) is 36.5 Å². The molecule has 208 valence electrons. The van der Waals surface area contributed by atoms with Gasteiger partial charge in [-0.15, -0.1) is 0 Å². The molecule has 4 atom stereocenters. The number of hydrogen-bond donors (Lipinski definition) is 1. The van der Waals surface area contributed by atoms with E-state index < -0.39 is 35.5 Å². The number of nitrogens with two attached hydrogens (primary N) is 1. The summed E-state index contributed by atoms with van der Waals surface area (Å²) >= 11 is 0. The SMILES string of the molecule is CCC(=O)O[C@@H](C)CC(N)(Cc1ccc(OC(=O)CC(C)CC)c(OC(=O)CC(C)CC)c1)C(=O)OC. The lowest BCUT2D eigenvalue weighted by atomic mass is 9.86. The lowest BCUT2D eigenvalue weighted by molar-refractivity contribution is -0.154. The molecule has 1 aromatic carbocycles. The van der Waals surface area contributed by atoms with Crippen LogP contribution in [0.2, 0.25) is 0 Å². The van der Waals surface area contributed by atoms with E-state index in [0.29, 0.717) is 5.56 Å². The number of rotatable bonds is 15. The largest absolute Gasteiger partial charge is 0.468 e. The quantitative estimate of drug-likeness (QED) is 0.261. The Morgan fingerprint density at radius 2 is 1.41 bits per heavy atom. The van der Waals surface area contributed by atoms with Gasteiger partial charge in [-0.1, -0.05) is 53.5 Å². The lowest BCUT2D eigenvalue weighted by Crippen LogP contribution is -2.53. The minimum atomic E-state index is -1.52. The molecule has 0 heterocycles. The molecule has 0 spiro atoms. The molecule has 0 saturated carbocycles. The Labute approximate surface area is 220 Å². The molecule has 0 saturated heterocycles. The number of carbonyl (C=O) groups is 4. The smallest absolute Gasteiger partial charge is 0.326 e. The number of benzene rings is 1. The molecule has 1 aromatic rings. The first kappa shape index (κ1) is 32.1. The van der Waals surface area contributed by atoms with Gasteiger partial charge in [0.25, 0.3) is 0 Å². The molecule has 9 heteroatoms. The summed E-state index contributed by atoms with van der Waals surface area (Å²) in [6, 6.07) is 4.70. The van der Waals surface area contributed by atoms with Crippen molar-refractivity contribution in [1.82, 2.24) is 0 Å². The van der Waals surface area contributed by atoms with Gasteiger partial charge in [0, 0.05) is 32.1 Å². The van der Waals surface area contributed by atoms with E-state index in [1.54, 1.807) is 19.9 Å². The molecule has 0 aliphatic heterocycles. The van der Waals surface area contributed by atoms with E-state index in [0.717, 1.165) is 12.8 Å². The number of ether oxygens (including phenoxy) is 4. The first-order valence-electron chi connectivity index (χ1n) is 13.0. The summed E-state index contributed by atoms with van der Waals surface area (Å²) in [5, 5.41) is 0. The van der Waals surface area contributed by atoms with E-state index in [1.807, 2.05) is 27.7 Å². The average molecular weight is 522 g/mol. The van der Waals surface area contributed by atoms with Gasteiger partial charge in [0.15, 0.2) is 11.5 Å². The van der Waals surface area contributed by atoms with Gasteiger partial charge in [0.05, 0.1) is 7.11 Å². The summed E-state index contributed by atoms with van der Waals surface area (Å²) in [5.74, 6) is -1.53. The first-order valence-corrected chi connectivity index (χ1v) is 13.0. The van der Waals surface area contributed by atoms with Crippen LogP contribution in [0.1, 0.15) is 85.6 Å². The van der Waals surface area contributed by atoms with Crippen LogP contribution in [0.4, 0.5) is 0 Å². The van der Waals surface area contributed by atoms with Crippen molar-refractivity contribution in [3.63, 3.8) is 0 Å². The Bertz CT molecular complexity index is 931. The normalized spacial score (nSPS) is 15.0. The van der Waals surface area contributed by atoms with Crippen molar-refractivity contribution in [2.24, 2.45) is 17.6 Å². The van der Waals surface area contributed by atoms with Crippen LogP contribution in [0.15, 0.2) is 18.2 Å². The van der Waals surface area contributed by atoms with Crippen molar-refractivity contribution in [2.75, 3.05) is 7.11 Å². The molecule has 0 radical (unpaired) electrons. The Kier molecular flexibility index (Phi) is 13.3. The third-order valence-electron chi connectivity index (χ3n) is 6.26. The molecule has 1 rings (SSSR count). The van der Waals surface area contributed by atoms with E-state index in [1.165, 1.54) is 19.2 Å². The predicted octanol–water partition coefficient (Wildman–Crippen LogP) is 4.51. The minimum absolute atomic E-state index is 0.00466. The van der Waals surface area contributed by atoms with Crippen LogP contribution in [0.5, 0.6) is 11.5 Å². The van der Waals surface area contributed by atoms with Crippen LogP contribution in [0.25, 0.3) is 0 Å². The molecular weight excluding hydrogens is 478 g/mol. The summed E-state index contributed by atoms with van der Waals surface area (Å²) in [4.78, 5) is 49.3. The Hall–Kier alpha value is -2.94. The maximum atomic E-state index is 12.6. The zero-order valence-corrected chi connectivity index (χ0v) is 23.3. The Morgan fingerprint density at radius 3 is 1.89 bits per heavy atom. The zero-order valence-electron chi connectivity index (χ0n) is 23.3. The molecule has 0 fully saturated rings. The standard InChI is InChI=1S/C28H43NO8/c1-8-18(4)13-25(31)36-22-12-11-21(15-23(22)37-26(32)14-19(5)9-2)17-28(29,27(33)34-7)16-20(6)35-24(30)10-3/h11-12,15,18-20H,8-10,13-14,16-17,29H2,1-7H3/t18?,19?,20-,28?/m0/s1. The fraction of sp³-hybridized carbons (Fsp3) is 0.643. The summed E-state index contributed by atoms with van der Waals surface area (Å²) < 4.78 is 21.4. The maximum absolute atomic E-state index is 12.6. The monoisotopic (exact) mass is 521 g/mol. The van der Waals surface area contributed by atoms with Crippen molar-refractivity contribution in [3.05, 3.63) is 23.8 Å². The summed E-state index contributed by atoms with van der Waals surface area (Å²) in [7, 11) is 1.23. The number of methoxy groups -OCH3 is 1. The molecule has 0 aliphatic rings. The van der Waals surface area contributed by atoms with Crippen LogP contribution >= 0.6 is 0 Å². The molecule has 37 heavy (non-hydrogen) atoms. The lowest BCUT2D eigenvalue weighted by Gasteiger charge is -2.29. The van der Waals surface area contributed by atoms with Crippen molar-refractivity contribution >= 4 is 23.9 Å². The van der Waals surface area contributed by atoms with Crippen LogP contribution < -0.4 is 15.2 Å². The van der Waals surface area contributed by atoms with Crippen LogP contribution in [0.3, 0.4) is 0 Å². The summed E-state index contributed by atoms with van der Waals surface area (Å²) in [6.07, 6.45) is 1.63. The second kappa shape index (κ2) is 15.3. The van der Waals surface area contributed by atoms with E-state index in [9.17, 15) is 19.2 Å². The van der Waals surface area contributed by atoms with Crippen molar-refractivity contribution < 1.29 is 38.1 Å². The minimum Gasteiger partial charge on any atom is -0.468 e. The third kappa shape index (κ3) is 10.9.